The van der Waals surface area contributed by atoms with Gasteiger partial charge >= 0.3 is 0 Å². The Labute approximate surface area is 77.5 Å². The fourth-order valence-electron chi connectivity index (χ4n) is 1.08. The van der Waals surface area contributed by atoms with Crippen molar-refractivity contribution in [2.45, 2.75) is 32.5 Å². The van der Waals surface area contributed by atoms with Crippen LogP contribution in [-0.4, -0.2) is 23.3 Å². The van der Waals surface area contributed by atoms with Crippen molar-refractivity contribution in [2.75, 3.05) is 7.11 Å². The van der Waals surface area contributed by atoms with E-state index < -0.39 is 0 Å². The first kappa shape index (κ1) is 10.2. The molecular formula is C9H15NO3. The lowest BCUT2D eigenvalue weighted by molar-refractivity contribution is 0.109. The van der Waals surface area contributed by atoms with Gasteiger partial charge in [-0.1, -0.05) is 0 Å². The molecule has 0 saturated heterocycles. The molecule has 0 saturated carbocycles. The monoisotopic (exact) mass is 185 g/mol. The number of nitrogens with zero attached hydrogens (tertiary/aromatic N) is 1. The van der Waals surface area contributed by atoms with Crippen molar-refractivity contribution in [1.82, 2.24) is 4.98 Å². The Kier molecular flexibility index (Phi) is 3.92. The number of aromatic nitrogens is 1. The summed E-state index contributed by atoms with van der Waals surface area (Å²) in [5.41, 5.74) is 0.628. The van der Waals surface area contributed by atoms with Gasteiger partial charge in [-0.05, 0) is 13.3 Å². The maximum atomic E-state index is 8.88. The number of aryl methyl sites for hydroxylation is 1. The molecule has 0 radical (unpaired) electrons. The van der Waals surface area contributed by atoms with Crippen molar-refractivity contribution in [3.8, 4) is 0 Å². The van der Waals surface area contributed by atoms with Gasteiger partial charge in [0.25, 0.3) is 0 Å². The SMILES string of the molecule is COC(C)CCc1ocnc1CO. The minimum Gasteiger partial charge on any atom is -0.448 e. The molecule has 0 aromatic carbocycles. The number of ether oxygens (including phenoxy) is 1. The van der Waals surface area contributed by atoms with Crippen LogP contribution >= 0.6 is 0 Å². The lowest BCUT2D eigenvalue weighted by Gasteiger charge is -2.07. The molecule has 1 unspecified atom stereocenters. The van der Waals surface area contributed by atoms with Gasteiger partial charge in [0.1, 0.15) is 11.5 Å². The first-order valence-corrected chi connectivity index (χ1v) is 4.32. The van der Waals surface area contributed by atoms with Gasteiger partial charge < -0.3 is 14.3 Å². The van der Waals surface area contributed by atoms with Gasteiger partial charge in [-0.25, -0.2) is 4.98 Å². The van der Waals surface area contributed by atoms with E-state index in [2.05, 4.69) is 4.98 Å². The Morgan fingerprint density at radius 3 is 3.08 bits per heavy atom. The van der Waals surface area contributed by atoms with E-state index in [-0.39, 0.29) is 12.7 Å². The quantitative estimate of drug-likeness (QED) is 0.747. The second kappa shape index (κ2) is 4.99. The van der Waals surface area contributed by atoms with Crippen molar-refractivity contribution in [2.24, 2.45) is 0 Å². The highest BCUT2D eigenvalue weighted by atomic mass is 16.5. The lowest BCUT2D eigenvalue weighted by Crippen LogP contribution is -2.06. The van der Waals surface area contributed by atoms with Gasteiger partial charge in [-0.15, -0.1) is 0 Å². The molecule has 13 heavy (non-hydrogen) atoms. The van der Waals surface area contributed by atoms with E-state index in [1.54, 1.807) is 7.11 Å². The summed E-state index contributed by atoms with van der Waals surface area (Å²) in [6.45, 7) is 1.93. The second-order valence-electron chi connectivity index (χ2n) is 2.97. The molecule has 4 heteroatoms. The summed E-state index contributed by atoms with van der Waals surface area (Å²) >= 11 is 0. The van der Waals surface area contributed by atoms with Gasteiger partial charge in [0.05, 0.1) is 12.7 Å². The molecule has 0 aliphatic carbocycles. The number of hydrogen-bond donors (Lipinski definition) is 1. The fraction of sp³-hybridized carbons (Fsp3) is 0.667. The van der Waals surface area contributed by atoms with Crippen LogP contribution < -0.4 is 0 Å². The van der Waals surface area contributed by atoms with Crippen molar-refractivity contribution < 1.29 is 14.3 Å². The third-order valence-corrected chi connectivity index (χ3v) is 2.06. The zero-order valence-electron chi connectivity index (χ0n) is 7.99. The van der Waals surface area contributed by atoms with Crippen molar-refractivity contribution in [1.29, 1.82) is 0 Å². The van der Waals surface area contributed by atoms with Crippen LogP contribution in [0.3, 0.4) is 0 Å². The Hall–Kier alpha value is -0.870. The normalized spacial score (nSPS) is 13.2. The van der Waals surface area contributed by atoms with Gasteiger partial charge in [-0.3, -0.25) is 0 Å². The molecular weight excluding hydrogens is 170 g/mol. The second-order valence-corrected chi connectivity index (χ2v) is 2.97. The Morgan fingerprint density at radius 1 is 1.69 bits per heavy atom. The van der Waals surface area contributed by atoms with Gasteiger partial charge in [0, 0.05) is 13.5 Å². The van der Waals surface area contributed by atoms with Crippen LogP contribution in [0, 0.1) is 0 Å². The Morgan fingerprint density at radius 2 is 2.46 bits per heavy atom. The lowest BCUT2D eigenvalue weighted by atomic mass is 10.1. The molecule has 0 aliphatic rings. The molecule has 74 valence electrons. The van der Waals surface area contributed by atoms with Crippen molar-refractivity contribution in [3.63, 3.8) is 0 Å². The summed E-state index contributed by atoms with van der Waals surface area (Å²) in [5, 5.41) is 8.88. The summed E-state index contributed by atoms with van der Waals surface area (Å²) in [4.78, 5) is 3.88. The molecule has 0 fully saturated rings. The van der Waals surface area contributed by atoms with E-state index in [1.165, 1.54) is 6.39 Å². The molecule has 1 rings (SSSR count). The number of methoxy groups -OCH3 is 1. The molecule has 4 nitrogen and oxygen atoms in total. The number of aliphatic hydroxyl groups is 1. The molecule has 1 heterocycles. The topological polar surface area (TPSA) is 55.5 Å². The third kappa shape index (κ3) is 2.82. The highest BCUT2D eigenvalue weighted by Gasteiger charge is 2.08. The van der Waals surface area contributed by atoms with Gasteiger partial charge in [-0.2, -0.15) is 0 Å². The highest BCUT2D eigenvalue weighted by Crippen LogP contribution is 2.11. The first-order valence-electron chi connectivity index (χ1n) is 4.32. The summed E-state index contributed by atoms with van der Waals surface area (Å²) in [6.07, 6.45) is 3.19. The van der Waals surface area contributed by atoms with E-state index >= 15 is 0 Å². The van der Waals surface area contributed by atoms with E-state index in [0.717, 1.165) is 18.6 Å². The Balaban J connectivity index is 2.44. The van der Waals surface area contributed by atoms with Crippen LogP contribution in [0.25, 0.3) is 0 Å². The summed E-state index contributed by atoms with van der Waals surface area (Å²) < 4.78 is 10.2. The predicted molar refractivity (Wildman–Crippen MR) is 47.2 cm³/mol. The molecule has 1 N–H and O–H groups in total. The first-order chi connectivity index (χ1) is 6.27. The molecule has 0 aliphatic heterocycles. The smallest absolute Gasteiger partial charge is 0.181 e. The standard InChI is InChI=1S/C9H15NO3/c1-7(12-2)3-4-9-8(5-11)10-6-13-9/h6-7,11H,3-5H2,1-2H3. The maximum Gasteiger partial charge on any atom is 0.181 e. The largest absolute Gasteiger partial charge is 0.448 e. The number of oxazole rings is 1. The molecule has 0 spiro atoms. The van der Waals surface area contributed by atoms with Crippen molar-refractivity contribution >= 4 is 0 Å². The van der Waals surface area contributed by atoms with E-state index in [9.17, 15) is 0 Å². The van der Waals surface area contributed by atoms with Crippen LogP contribution in [0.1, 0.15) is 24.8 Å². The van der Waals surface area contributed by atoms with Crippen LogP contribution in [0.5, 0.6) is 0 Å². The third-order valence-electron chi connectivity index (χ3n) is 2.06. The highest BCUT2D eigenvalue weighted by molar-refractivity contribution is 5.05. The summed E-state index contributed by atoms with van der Waals surface area (Å²) in [7, 11) is 1.68. The average Bonchev–Trinajstić information content (AvgIpc) is 2.61. The van der Waals surface area contributed by atoms with Crippen molar-refractivity contribution in [3.05, 3.63) is 17.8 Å². The van der Waals surface area contributed by atoms with E-state index in [1.807, 2.05) is 6.92 Å². The van der Waals surface area contributed by atoms with Crippen LogP contribution in [0.15, 0.2) is 10.8 Å². The average molecular weight is 185 g/mol. The number of hydrogen-bond acceptors (Lipinski definition) is 4. The van der Waals surface area contributed by atoms with Crippen LogP contribution in [-0.2, 0) is 17.8 Å². The number of aliphatic hydroxyl groups excluding tert-OH is 1. The molecule has 0 amide bonds. The van der Waals surface area contributed by atoms with Gasteiger partial charge in [0.15, 0.2) is 6.39 Å². The van der Waals surface area contributed by atoms with E-state index in [0.29, 0.717) is 5.69 Å². The van der Waals surface area contributed by atoms with E-state index in [4.69, 9.17) is 14.3 Å². The minimum absolute atomic E-state index is 0.0623. The molecule has 1 atom stereocenters. The fourth-order valence-corrected chi connectivity index (χ4v) is 1.08. The minimum atomic E-state index is -0.0623. The predicted octanol–water partition coefficient (Wildman–Crippen LogP) is 1.13. The van der Waals surface area contributed by atoms with Crippen LogP contribution in [0.2, 0.25) is 0 Å². The molecule has 0 bridgehead atoms. The molecule has 1 aromatic rings. The zero-order valence-corrected chi connectivity index (χ0v) is 7.99. The summed E-state index contributed by atoms with van der Waals surface area (Å²) in [6, 6.07) is 0. The maximum absolute atomic E-state index is 8.88. The Bertz CT molecular complexity index is 247. The number of rotatable bonds is 5. The molecule has 1 aromatic heterocycles. The van der Waals surface area contributed by atoms with Crippen LogP contribution in [0.4, 0.5) is 0 Å². The van der Waals surface area contributed by atoms with Gasteiger partial charge in [0.2, 0.25) is 0 Å². The summed E-state index contributed by atoms with van der Waals surface area (Å²) in [5.74, 6) is 0.756. The zero-order chi connectivity index (χ0) is 9.68.